The molecule has 5 nitrogen and oxygen atoms in total. The van der Waals surface area contributed by atoms with Gasteiger partial charge in [0.1, 0.15) is 5.82 Å². The second-order valence-electron chi connectivity index (χ2n) is 6.22. The van der Waals surface area contributed by atoms with Crippen LogP contribution in [0.3, 0.4) is 0 Å². The van der Waals surface area contributed by atoms with Gasteiger partial charge >= 0.3 is 0 Å². The maximum atomic E-state index is 11.7. The van der Waals surface area contributed by atoms with Crippen LogP contribution in [0.15, 0.2) is 12.3 Å². The zero-order valence-electron chi connectivity index (χ0n) is 12.6. The van der Waals surface area contributed by atoms with Crippen LogP contribution in [0.5, 0.6) is 0 Å². The van der Waals surface area contributed by atoms with Crippen molar-refractivity contribution in [3.05, 3.63) is 23.4 Å². The number of rotatable bonds is 3. The highest BCUT2D eigenvalue weighted by Crippen LogP contribution is 2.29. The van der Waals surface area contributed by atoms with Gasteiger partial charge in [-0.05, 0) is 56.7 Å². The fourth-order valence-corrected chi connectivity index (χ4v) is 3.72. The van der Waals surface area contributed by atoms with E-state index in [0.29, 0.717) is 11.6 Å². The third kappa shape index (κ3) is 2.88. The number of amides is 1. The Morgan fingerprint density at radius 1 is 1.38 bits per heavy atom. The van der Waals surface area contributed by atoms with Crippen molar-refractivity contribution in [2.45, 2.75) is 38.6 Å². The Morgan fingerprint density at radius 2 is 2.14 bits per heavy atom. The molecule has 5 heteroatoms. The number of hydrogen-bond donors (Lipinski definition) is 2. The summed E-state index contributed by atoms with van der Waals surface area (Å²) < 4.78 is 0. The molecule has 2 fully saturated rings. The van der Waals surface area contributed by atoms with Crippen LogP contribution < -0.4 is 16.0 Å². The highest BCUT2D eigenvalue weighted by atomic mass is 16.1. The van der Waals surface area contributed by atoms with Crippen LogP contribution in [0.1, 0.15) is 41.6 Å². The van der Waals surface area contributed by atoms with Gasteiger partial charge < -0.3 is 16.0 Å². The Bertz CT molecular complexity index is 517. The molecule has 0 aliphatic carbocycles. The zero-order valence-corrected chi connectivity index (χ0v) is 12.6. The zero-order chi connectivity index (χ0) is 14.8. The number of carbonyl (C=O) groups excluding carboxylic acids is 1. The summed E-state index contributed by atoms with van der Waals surface area (Å²) in [7, 11) is 0. The van der Waals surface area contributed by atoms with Crippen LogP contribution in [0.4, 0.5) is 5.82 Å². The van der Waals surface area contributed by atoms with Crippen LogP contribution in [0.2, 0.25) is 0 Å². The minimum atomic E-state index is -0.379. The molecule has 21 heavy (non-hydrogen) atoms. The first-order valence-corrected chi connectivity index (χ1v) is 7.90. The van der Waals surface area contributed by atoms with Crippen molar-refractivity contribution in [1.29, 1.82) is 0 Å². The first-order chi connectivity index (χ1) is 10.2. The molecular weight excluding hydrogens is 264 g/mol. The van der Waals surface area contributed by atoms with E-state index in [9.17, 15) is 4.79 Å². The normalized spacial score (nSPS) is 23.5. The molecule has 0 aromatic carbocycles. The Morgan fingerprint density at radius 3 is 2.76 bits per heavy atom. The molecule has 1 unspecified atom stereocenters. The summed E-state index contributed by atoms with van der Waals surface area (Å²) >= 11 is 0. The minimum Gasteiger partial charge on any atom is -0.365 e. The van der Waals surface area contributed by atoms with Gasteiger partial charge in [-0.3, -0.25) is 4.79 Å². The number of primary amides is 1. The number of pyridine rings is 1. The van der Waals surface area contributed by atoms with E-state index >= 15 is 0 Å². The number of hydrogen-bond acceptors (Lipinski definition) is 4. The number of aromatic nitrogens is 1. The van der Waals surface area contributed by atoms with Gasteiger partial charge in [0.2, 0.25) is 0 Å². The predicted octanol–water partition coefficient (Wildman–Crippen LogP) is 1.46. The molecule has 114 valence electrons. The molecule has 0 radical (unpaired) electrons. The maximum Gasteiger partial charge on any atom is 0.252 e. The highest BCUT2D eigenvalue weighted by Gasteiger charge is 2.30. The number of nitrogens with one attached hydrogen (secondary N) is 1. The predicted molar refractivity (Wildman–Crippen MR) is 83.5 cm³/mol. The van der Waals surface area contributed by atoms with Gasteiger partial charge in [-0.2, -0.15) is 0 Å². The van der Waals surface area contributed by atoms with E-state index in [4.69, 9.17) is 5.73 Å². The topological polar surface area (TPSA) is 71.2 Å². The van der Waals surface area contributed by atoms with Crippen LogP contribution in [-0.4, -0.2) is 36.6 Å². The monoisotopic (exact) mass is 288 g/mol. The number of piperidine rings is 1. The molecule has 2 aliphatic heterocycles. The first-order valence-electron chi connectivity index (χ1n) is 7.90. The largest absolute Gasteiger partial charge is 0.365 e. The van der Waals surface area contributed by atoms with Gasteiger partial charge in [-0.1, -0.05) is 0 Å². The fraction of sp³-hybridized carbons (Fsp3) is 0.625. The van der Waals surface area contributed by atoms with Gasteiger partial charge in [-0.15, -0.1) is 0 Å². The molecule has 3 rings (SSSR count). The molecule has 0 saturated carbocycles. The van der Waals surface area contributed by atoms with E-state index in [0.717, 1.165) is 49.8 Å². The molecule has 1 atom stereocenters. The van der Waals surface area contributed by atoms with Gasteiger partial charge in [0, 0.05) is 25.3 Å². The summed E-state index contributed by atoms with van der Waals surface area (Å²) in [6.45, 7) is 5.00. The number of carbonyl (C=O) groups is 1. The molecule has 2 saturated heterocycles. The summed E-state index contributed by atoms with van der Waals surface area (Å²) in [5.41, 5.74) is 7.02. The van der Waals surface area contributed by atoms with Crippen molar-refractivity contribution >= 4 is 11.7 Å². The van der Waals surface area contributed by atoms with Crippen molar-refractivity contribution < 1.29 is 4.79 Å². The summed E-state index contributed by atoms with van der Waals surface area (Å²) in [6, 6.07) is 2.53. The van der Waals surface area contributed by atoms with Crippen molar-refractivity contribution in [3.63, 3.8) is 0 Å². The molecular formula is C16H24N4O. The quantitative estimate of drug-likeness (QED) is 0.883. The first kappa shape index (κ1) is 14.3. The number of anilines is 1. The smallest absolute Gasteiger partial charge is 0.252 e. The average Bonchev–Trinajstić information content (AvgIpc) is 3.01. The summed E-state index contributed by atoms with van der Waals surface area (Å²) in [6.07, 6.45) is 6.69. The molecule has 0 spiro atoms. The number of aryl methyl sites for hydroxylation is 1. The summed E-state index contributed by atoms with van der Waals surface area (Å²) in [5, 5.41) is 3.61. The van der Waals surface area contributed by atoms with Crippen LogP contribution in [0, 0.1) is 12.8 Å². The Hall–Kier alpha value is -1.62. The fourth-order valence-electron chi connectivity index (χ4n) is 3.72. The van der Waals surface area contributed by atoms with E-state index in [-0.39, 0.29) is 5.91 Å². The summed E-state index contributed by atoms with van der Waals surface area (Å²) in [5.74, 6) is 1.14. The standard InChI is InChI=1S/C16H24N4O/c1-11-4-8-19-16(14(11)15(17)21)20-9-5-12(6-10-20)13-3-2-7-18-13/h4,8,12-13,18H,2-3,5-7,9-10H2,1H3,(H2,17,21). The Kier molecular flexibility index (Phi) is 4.10. The molecule has 1 aromatic rings. The van der Waals surface area contributed by atoms with Crippen molar-refractivity contribution in [1.82, 2.24) is 10.3 Å². The van der Waals surface area contributed by atoms with Gasteiger partial charge in [0.25, 0.3) is 5.91 Å². The number of nitrogens with zero attached hydrogens (tertiary/aromatic N) is 2. The number of nitrogens with two attached hydrogens (primary N) is 1. The van der Waals surface area contributed by atoms with Crippen LogP contribution in [-0.2, 0) is 0 Å². The van der Waals surface area contributed by atoms with Gasteiger partial charge in [-0.25, -0.2) is 4.98 Å². The maximum absolute atomic E-state index is 11.7. The summed E-state index contributed by atoms with van der Waals surface area (Å²) in [4.78, 5) is 18.3. The second kappa shape index (κ2) is 6.02. The van der Waals surface area contributed by atoms with E-state index in [1.807, 2.05) is 13.0 Å². The van der Waals surface area contributed by atoms with Crippen molar-refractivity contribution in [3.8, 4) is 0 Å². The van der Waals surface area contributed by atoms with E-state index in [1.165, 1.54) is 12.8 Å². The molecule has 2 aliphatic rings. The van der Waals surface area contributed by atoms with Crippen molar-refractivity contribution in [2.75, 3.05) is 24.5 Å². The van der Waals surface area contributed by atoms with Gasteiger partial charge in [0.05, 0.1) is 5.56 Å². The molecule has 3 N–H and O–H groups in total. The Labute approximate surface area is 125 Å². The van der Waals surface area contributed by atoms with E-state index in [2.05, 4.69) is 15.2 Å². The Balaban J connectivity index is 1.72. The lowest BCUT2D eigenvalue weighted by molar-refractivity contribution is 0.0999. The highest BCUT2D eigenvalue weighted by molar-refractivity contribution is 5.99. The molecule has 0 bridgehead atoms. The average molecular weight is 288 g/mol. The molecule has 1 amide bonds. The molecule has 1 aromatic heterocycles. The van der Waals surface area contributed by atoms with Crippen LogP contribution >= 0.6 is 0 Å². The van der Waals surface area contributed by atoms with E-state index in [1.54, 1.807) is 6.20 Å². The van der Waals surface area contributed by atoms with Gasteiger partial charge in [0.15, 0.2) is 0 Å². The van der Waals surface area contributed by atoms with E-state index < -0.39 is 0 Å². The third-order valence-electron chi connectivity index (χ3n) is 4.89. The second-order valence-corrected chi connectivity index (χ2v) is 6.22. The lowest BCUT2D eigenvalue weighted by Crippen LogP contribution is -2.42. The van der Waals surface area contributed by atoms with Crippen LogP contribution in [0.25, 0.3) is 0 Å². The van der Waals surface area contributed by atoms with Crippen molar-refractivity contribution in [2.24, 2.45) is 11.7 Å². The SMILES string of the molecule is Cc1ccnc(N2CCC(C3CCCN3)CC2)c1C(N)=O. The third-order valence-corrected chi connectivity index (χ3v) is 4.89. The minimum absolute atomic E-state index is 0.379. The lowest BCUT2D eigenvalue weighted by Gasteiger charge is -2.36. The molecule has 3 heterocycles. The lowest BCUT2D eigenvalue weighted by atomic mass is 9.88.